The third kappa shape index (κ3) is 1.96. The topological polar surface area (TPSA) is 6.48 Å². The van der Waals surface area contributed by atoms with Crippen molar-refractivity contribution in [3.05, 3.63) is 40.2 Å². The van der Waals surface area contributed by atoms with E-state index in [1.165, 1.54) is 9.26 Å². The molecule has 1 aliphatic rings. The Labute approximate surface area is 92.0 Å². The zero-order valence-corrected chi connectivity index (χ0v) is 9.60. The average molecular weight is 286 g/mol. The van der Waals surface area contributed by atoms with Crippen LogP contribution in [0.4, 0.5) is 5.69 Å². The maximum absolute atomic E-state index is 2.32. The highest BCUT2D eigenvalue weighted by atomic mass is 127. The normalized spacial score (nSPS) is 15.5. The Morgan fingerprint density at radius 3 is 2.38 bits per heavy atom. The fraction of sp³-hybridized carbons (Fsp3) is 0.200. The van der Waals surface area contributed by atoms with Gasteiger partial charge in [-0.15, -0.1) is 0 Å². The van der Waals surface area contributed by atoms with Crippen LogP contribution >= 0.6 is 22.6 Å². The number of hydrogen-bond donors (Lipinski definition) is 0. The minimum Gasteiger partial charge on any atom is -0.361 e. The van der Waals surface area contributed by atoms with E-state index < -0.39 is 0 Å². The van der Waals surface area contributed by atoms with Crippen LogP contribution in [-0.4, -0.2) is 18.6 Å². The number of rotatable bonds is 1. The molecule has 0 bridgehead atoms. The number of nitrogens with zero attached hydrogens (tertiary/aromatic N) is 2. The Morgan fingerprint density at radius 1 is 1.15 bits per heavy atom. The maximum Gasteiger partial charge on any atom is 0.0938 e. The molecule has 0 spiro atoms. The number of anilines is 1. The molecule has 0 aromatic heterocycles. The third-order valence-electron chi connectivity index (χ3n) is 2.03. The maximum atomic E-state index is 2.32. The lowest BCUT2D eigenvalue weighted by Crippen LogP contribution is -2.21. The van der Waals surface area contributed by atoms with Crippen molar-refractivity contribution < 1.29 is 0 Å². The van der Waals surface area contributed by atoms with Crippen LogP contribution in [0.15, 0.2) is 36.7 Å². The van der Waals surface area contributed by atoms with Gasteiger partial charge in [-0.2, -0.15) is 0 Å². The summed E-state index contributed by atoms with van der Waals surface area (Å²) in [6, 6.07) is 8.54. The Balaban J connectivity index is 2.18. The summed E-state index contributed by atoms with van der Waals surface area (Å²) in [5.74, 6) is 0. The monoisotopic (exact) mass is 286 g/mol. The first-order chi connectivity index (χ1) is 6.25. The van der Waals surface area contributed by atoms with Crippen LogP contribution in [0, 0.1) is 3.57 Å². The van der Waals surface area contributed by atoms with Crippen LogP contribution in [0.25, 0.3) is 0 Å². The summed E-state index contributed by atoms with van der Waals surface area (Å²) in [6.07, 6.45) is 4.18. The van der Waals surface area contributed by atoms with Gasteiger partial charge in [0.25, 0.3) is 0 Å². The SMILES string of the molecule is CN1C=CN(c2ccc(I)cc2)C1. The van der Waals surface area contributed by atoms with Gasteiger partial charge in [-0.25, -0.2) is 0 Å². The predicted molar refractivity (Wildman–Crippen MR) is 63.4 cm³/mol. The van der Waals surface area contributed by atoms with E-state index in [-0.39, 0.29) is 0 Å². The molecule has 1 aromatic rings. The Morgan fingerprint density at radius 2 is 1.85 bits per heavy atom. The van der Waals surface area contributed by atoms with Gasteiger partial charge >= 0.3 is 0 Å². The molecule has 0 fully saturated rings. The first-order valence-electron chi connectivity index (χ1n) is 4.16. The summed E-state index contributed by atoms with van der Waals surface area (Å²) in [4.78, 5) is 4.37. The number of benzene rings is 1. The van der Waals surface area contributed by atoms with E-state index in [1.807, 2.05) is 0 Å². The van der Waals surface area contributed by atoms with Gasteiger partial charge in [-0.1, -0.05) is 0 Å². The Bertz CT molecular complexity index is 318. The van der Waals surface area contributed by atoms with Crippen LogP contribution in [-0.2, 0) is 0 Å². The van der Waals surface area contributed by atoms with Crippen LogP contribution in [0.3, 0.4) is 0 Å². The predicted octanol–water partition coefficient (Wildman–Crippen LogP) is 2.47. The van der Waals surface area contributed by atoms with E-state index in [9.17, 15) is 0 Å². The zero-order valence-electron chi connectivity index (χ0n) is 7.44. The van der Waals surface area contributed by atoms with Crippen molar-refractivity contribution in [1.29, 1.82) is 0 Å². The molecule has 1 heterocycles. The second kappa shape index (κ2) is 3.57. The first kappa shape index (κ1) is 8.87. The van der Waals surface area contributed by atoms with Gasteiger partial charge in [0.05, 0.1) is 6.67 Å². The van der Waals surface area contributed by atoms with Gasteiger partial charge in [-0.05, 0) is 46.9 Å². The van der Waals surface area contributed by atoms with Gasteiger partial charge in [-0.3, -0.25) is 0 Å². The van der Waals surface area contributed by atoms with Crippen molar-refractivity contribution in [2.75, 3.05) is 18.6 Å². The van der Waals surface area contributed by atoms with Gasteiger partial charge < -0.3 is 9.80 Å². The molecule has 1 aromatic carbocycles. The number of halogens is 1. The largest absolute Gasteiger partial charge is 0.361 e. The van der Waals surface area contributed by atoms with Gasteiger partial charge in [0.2, 0.25) is 0 Å². The first-order valence-corrected chi connectivity index (χ1v) is 5.24. The molecule has 1 aliphatic heterocycles. The molecule has 0 amide bonds. The van der Waals surface area contributed by atoms with Crippen molar-refractivity contribution in [2.45, 2.75) is 0 Å². The zero-order chi connectivity index (χ0) is 9.26. The smallest absolute Gasteiger partial charge is 0.0938 e. The molecule has 0 radical (unpaired) electrons. The summed E-state index contributed by atoms with van der Waals surface area (Å²) < 4.78 is 1.28. The molecule has 0 unspecified atom stereocenters. The quantitative estimate of drug-likeness (QED) is 0.732. The minimum atomic E-state index is 0.945. The molecule has 0 N–H and O–H groups in total. The van der Waals surface area contributed by atoms with Crippen molar-refractivity contribution in [3.63, 3.8) is 0 Å². The molecular weight excluding hydrogens is 275 g/mol. The van der Waals surface area contributed by atoms with Crippen molar-refractivity contribution >= 4 is 28.3 Å². The molecule has 0 saturated carbocycles. The summed E-state index contributed by atoms with van der Waals surface area (Å²) in [7, 11) is 2.07. The van der Waals surface area contributed by atoms with E-state index in [2.05, 4.69) is 76.1 Å². The molecule has 13 heavy (non-hydrogen) atoms. The summed E-state index contributed by atoms with van der Waals surface area (Å²) in [5.41, 5.74) is 1.25. The Hall–Kier alpha value is -0.710. The highest BCUT2D eigenvalue weighted by molar-refractivity contribution is 14.1. The van der Waals surface area contributed by atoms with Gasteiger partial charge in [0.1, 0.15) is 0 Å². The molecule has 68 valence electrons. The van der Waals surface area contributed by atoms with Crippen molar-refractivity contribution in [2.24, 2.45) is 0 Å². The molecular formula is C10H11IN2. The average Bonchev–Trinajstić information content (AvgIpc) is 2.53. The lowest BCUT2D eigenvalue weighted by molar-refractivity contribution is 0.496. The standard InChI is InChI=1S/C10H11IN2/c1-12-6-7-13(8-12)10-4-2-9(11)3-5-10/h2-7H,8H2,1H3. The second-order valence-electron chi connectivity index (χ2n) is 3.14. The highest BCUT2D eigenvalue weighted by Gasteiger charge is 2.09. The second-order valence-corrected chi connectivity index (χ2v) is 4.39. The van der Waals surface area contributed by atoms with Gasteiger partial charge in [0, 0.05) is 28.7 Å². The van der Waals surface area contributed by atoms with E-state index >= 15 is 0 Å². The van der Waals surface area contributed by atoms with E-state index in [4.69, 9.17) is 0 Å². The minimum absolute atomic E-state index is 0.945. The van der Waals surface area contributed by atoms with Crippen LogP contribution in [0.2, 0.25) is 0 Å². The Kier molecular flexibility index (Phi) is 2.44. The molecule has 0 aliphatic carbocycles. The van der Waals surface area contributed by atoms with E-state index in [1.54, 1.807) is 0 Å². The molecule has 0 saturated heterocycles. The highest BCUT2D eigenvalue weighted by Crippen LogP contribution is 2.19. The summed E-state index contributed by atoms with van der Waals surface area (Å²) >= 11 is 2.32. The van der Waals surface area contributed by atoms with Crippen LogP contribution in [0.1, 0.15) is 0 Å². The van der Waals surface area contributed by atoms with Crippen molar-refractivity contribution in [1.82, 2.24) is 4.90 Å². The van der Waals surface area contributed by atoms with E-state index in [0.717, 1.165) is 6.67 Å². The fourth-order valence-corrected chi connectivity index (χ4v) is 1.69. The molecule has 3 heteroatoms. The molecule has 2 nitrogen and oxygen atoms in total. The molecule has 0 atom stereocenters. The fourth-order valence-electron chi connectivity index (χ4n) is 1.33. The van der Waals surface area contributed by atoms with Crippen LogP contribution in [0.5, 0.6) is 0 Å². The number of hydrogen-bond acceptors (Lipinski definition) is 2. The van der Waals surface area contributed by atoms with Gasteiger partial charge in [0.15, 0.2) is 0 Å². The van der Waals surface area contributed by atoms with E-state index in [0.29, 0.717) is 0 Å². The summed E-state index contributed by atoms with van der Waals surface area (Å²) in [5, 5.41) is 0. The molecule has 2 rings (SSSR count). The summed E-state index contributed by atoms with van der Waals surface area (Å²) in [6.45, 7) is 0.945. The van der Waals surface area contributed by atoms with Crippen molar-refractivity contribution in [3.8, 4) is 0 Å². The lowest BCUT2D eigenvalue weighted by atomic mass is 10.3. The lowest BCUT2D eigenvalue weighted by Gasteiger charge is -2.17. The van der Waals surface area contributed by atoms with Crippen LogP contribution < -0.4 is 4.90 Å². The third-order valence-corrected chi connectivity index (χ3v) is 2.75.